The Hall–Kier alpha value is -3.24. The average molecular weight is 502 g/mol. The summed E-state index contributed by atoms with van der Waals surface area (Å²) in [6.45, 7) is 5.70. The van der Waals surface area contributed by atoms with Crippen LogP contribution in [0.5, 0.6) is 5.75 Å². The van der Waals surface area contributed by atoms with Gasteiger partial charge in [-0.15, -0.1) is 11.3 Å². The smallest absolute Gasteiger partial charge is 0.267 e. The lowest BCUT2D eigenvalue weighted by Gasteiger charge is -2.15. The number of nitrogens with one attached hydrogen (secondary N) is 1. The lowest BCUT2D eigenvalue weighted by Crippen LogP contribution is -2.23. The van der Waals surface area contributed by atoms with Crippen molar-refractivity contribution in [3.8, 4) is 11.4 Å². The number of amides is 1. The molecule has 176 valence electrons. The number of benzene rings is 2. The van der Waals surface area contributed by atoms with Gasteiger partial charge in [0.05, 0.1) is 16.8 Å². The fourth-order valence-corrected chi connectivity index (χ4v) is 5.68. The summed E-state index contributed by atoms with van der Waals surface area (Å²) in [5, 5.41) is 13.2. The minimum Gasteiger partial charge on any atom is -0.508 e. The molecule has 0 atom stereocenters. The SMILES string of the molecule is CCc1c(C)sc2nc(SCC(=O)Nc3ccc(F)c(F)c3)n(-c3ccc(O)cc3C)c(=O)c12. The summed E-state index contributed by atoms with van der Waals surface area (Å²) >= 11 is 2.48. The first kappa shape index (κ1) is 23.9. The third-order valence-electron chi connectivity index (χ3n) is 5.31. The van der Waals surface area contributed by atoms with Gasteiger partial charge >= 0.3 is 0 Å². The van der Waals surface area contributed by atoms with Crippen LogP contribution in [0.1, 0.15) is 22.9 Å². The van der Waals surface area contributed by atoms with Crippen LogP contribution in [0, 0.1) is 25.5 Å². The Bertz CT molecular complexity index is 1480. The number of fused-ring (bicyclic) bond motifs is 1. The molecule has 0 saturated carbocycles. The van der Waals surface area contributed by atoms with E-state index < -0.39 is 17.5 Å². The molecule has 2 aromatic carbocycles. The van der Waals surface area contributed by atoms with Crippen molar-refractivity contribution < 1.29 is 18.7 Å². The Morgan fingerprint density at radius 1 is 1.18 bits per heavy atom. The topological polar surface area (TPSA) is 84.2 Å². The number of carbonyl (C=O) groups is 1. The van der Waals surface area contributed by atoms with Gasteiger partial charge in [0.25, 0.3) is 5.56 Å². The second kappa shape index (κ2) is 9.55. The van der Waals surface area contributed by atoms with Crippen molar-refractivity contribution in [2.24, 2.45) is 0 Å². The summed E-state index contributed by atoms with van der Waals surface area (Å²) in [5.41, 5.74) is 2.04. The van der Waals surface area contributed by atoms with Crippen LogP contribution in [0.3, 0.4) is 0 Å². The van der Waals surface area contributed by atoms with E-state index in [1.807, 2.05) is 13.8 Å². The molecule has 0 saturated heterocycles. The predicted octanol–water partition coefficient (Wildman–Crippen LogP) is 5.34. The molecule has 0 fully saturated rings. The Balaban J connectivity index is 1.74. The third-order valence-corrected chi connectivity index (χ3v) is 7.29. The molecule has 34 heavy (non-hydrogen) atoms. The van der Waals surface area contributed by atoms with Crippen molar-refractivity contribution in [1.29, 1.82) is 0 Å². The Labute approximate surface area is 202 Å². The molecule has 0 aliphatic carbocycles. The number of anilines is 1. The second-order valence-corrected chi connectivity index (χ2v) is 9.79. The number of hydrogen-bond acceptors (Lipinski definition) is 6. The number of thiophene rings is 1. The van der Waals surface area contributed by atoms with Crippen LogP contribution in [-0.4, -0.2) is 26.3 Å². The van der Waals surface area contributed by atoms with Crippen LogP contribution in [-0.2, 0) is 11.2 Å². The van der Waals surface area contributed by atoms with E-state index in [4.69, 9.17) is 4.98 Å². The van der Waals surface area contributed by atoms with Gasteiger partial charge in [-0.1, -0.05) is 18.7 Å². The van der Waals surface area contributed by atoms with Crippen molar-refractivity contribution in [3.05, 3.63) is 74.4 Å². The number of aryl methyl sites for hydroxylation is 3. The molecule has 0 unspecified atom stereocenters. The first-order chi connectivity index (χ1) is 16.2. The van der Waals surface area contributed by atoms with Gasteiger partial charge in [-0.25, -0.2) is 13.8 Å². The fraction of sp³-hybridized carbons (Fsp3) is 0.208. The van der Waals surface area contributed by atoms with Crippen LogP contribution < -0.4 is 10.9 Å². The monoisotopic (exact) mass is 501 g/mol. The molecular weight excluding hydrogens is 480 g/mol. The standard InChI is InChI=1S/C24H21F2N3O3S2/c1-4-16-13(3)34-22-21(16)23(32)29(19-8-6-15(30)9-12(19)2)24(28-22)33-11-20(31)27-14-5-7-17(25)18(26)10-14/h5-10,30H,4,11H2,1-3H3,(H,27,31). The second-order valence-electron chi connectivity index (χ2n) is 7.64. The number of phenolic OH excluding ortho intramolecular Hbond substituents is 1. The fourth-order valence-electron chi connectivity index (χ4n) is 3.72. The van der Waals surface area contributed by atoms with Crippen molar-refractivity contribution in [2.75, 3.05) is 11.1 Å². The highest BCUT2D eigenvalue weighted by atomic mass is 32.2. The van der Waals surface area contributed by atoms with E-state index in [1.165, 1.54) is 28.0 Å². The van der Waals surface area contributed by atoms with Gasteiger partial charge in [-0.3, -0.25) is 14.2 Å². The van der Waals surface area contributed by atoms with Gasteiger partial charge in [-0.05, 0) is 61.7 Å². The molecule has 2 heterocycles. The first-order valence-electron chi connectivity index (χ1n) is 10.4. The summed E-state index contributed by atoms with van der Waals surface area (Å²) in [6, 6.07) is 7.78. The molecule has 0 radical (unpaired) electrons. The van der Waals surface area contributed by atoms with E-state index in [0.717, 1.165) is 34.3 Å². The predicted molar refractivity (Wildman–Crippen MR) is 131 cm³/mol. The number of phenols is 1. The molecule has 0 aliphatic rings. The zero-order valence-corrected chi connectivity index (χ0v) is 20.2. The number of halogens is 2. The lowest BCUT2D eigenvalue weighted by molar-refractivity contribution is -0.113. The van der Waals surface area contributed by atoms with Gasteiger partial charge in [0, 0.05) is 16.6 Å². The maximum Gasteiger partial charge on any atom is 0.267 e. The summed E-state index contributed by atoms with van der Waals surface area (Å²) in [4.78, 5) is 32.5. The lowest BCUT2D eigenvalue weighted by atomic mass is 10.1. The van der Waals surface area contributed by atoms with Crippen molar-refractivity contribution in [1.82, 2.24) is 9.55 Å². The largest absolute Gasteiger partial charge is 0.508 e. The van der Waals surface area contributed by atoms with Gasteiger partial charge in [-0.2, -0.15) is 0 Å². The minimum atomic E-state index is -1.06. The van der Waals surface area contributed by atoms with Crippen LogP contribution >= 0.6 is 23.1 Å². The maximum absolute atomic E-state index is 13.7. The van der Waals surface area contributed by atoms with Crippen LogP contribution in [0.4, 0.5) is 14.5 Å². The number of aromatic hydroxyl groups is 1. The number of thioether (sulfide) groups is 1. The summed E-state index contributed by atoms with van der Waals surface area (Å²) < 4.78 is 28.0. The Morgan fingerprint density at radius 2 is 1.94 bits per heavy atom. The molecule has 0 bridgehead atoms. The Kier molecular flexibility index (Phi) is 6.72. The van der Waals surface area contributed by atoms with E-state index in [2.05, 4.69) is 5.32 Å². The maximum atomic E-state index is 13.7. The molecule has 2 N–H and O–H groups in total. The molecular formula is C24H21F2N3O3S2. The van der Waals surface area contributed by atoms with Gasteiger partial charge in [0.15, 0.2) is 16.8 Å². The van der Waals surface area contributed by atoms with Gasteiger partial charge in [0.1, 0.15) is 10.6 Å². The van der Waals surface area contributed by atoms with E-state index in [9.17, 15) is 23.5 Å². The molecule has 1 amide bonds. The first-order valence-corrected chi connectivity index (χ1v) is 12.2. The van der Waals surface area contributed by atoms with Crippen LogP contribution in [0.25, 0.3) is 15.9 Å². The molecule has 4 aromatic rings. The highest BCUT2D eigenvalue weighted by molar-refractivity contribution is 7.99. The van der Waals surface area contributed by atoms with E-state index in [1.54, 1.807) is 19.1 Å². The normalized spacial score (nSPS) is 11.2. The highest BCUT2D eigenvalue weighted by Crippen LogP contribution is 2.31. The number of carbonyl (C=O) groups excluding carboxylic acids is 1. The molecule has 4 rings (SSSR count). The van der Waals surface area contributed by atoms with E-state index >= 15 is 0 Å². The number of aromatic nitrogens is 2. The highest BCUT2D eigenvalue weighted by Gasteiger charge is 2.21. The van der Waals surface area contributed by atoms with Crippen molar-refractivity contribution in [3.63, 3.8) is 0 Å². The number of rotatable bonds is 6. The minimum absolute atomic E-state index is 0.0732. The van der Waals surface area contributed by atoms with Crippen molar-refractivity contribution >= 4 is 44.9 Å². The summed E-state index contributed by atoms with van der Waals surface area (Å²) in [5.74, 6) is -2.57. The van der Waals surface area contributed by atoms with Gasteiger partial charge in [0.2, 0.25) is 5.91 Å². The van der Waals surface area contributed by atoms with Crippen molar-refractivity contribution in [2.45, 2.75) is 32.3 Å². The molecule has 0 aliphatic heterocycles. The van der Waals surface area contributed by atoms with E-state index in [-0.39, 0.29) is 22.7 Å². The Morgan fingerprint density at radius 3 is 2.62 bits per heavy atom. The average Bonchev–Trinajstić information content (AvgIpc) is 3.11. The third kappa shape index (κ3) is 4.55. The summed E-state index contributed by atoms with van der Waals surface area (Å²) in [7, 11) is 0. The molecule has 10 heteroatoms. The number of nitrogens with zero attached hydrogens (tertiary/aromatic N) is 2. The number of hydrogen-bond donors (Lipinski definition) is 2. The quantitative estimate of drug-likeness (QED) is 0.275. The van der Waals surface area contributed by atoms with Gasteiger partial charge < -0.3 is 10.4 Å². The summed E-state index contributed by atoms with van der Waals surface area (Å²) in [6.07, 6.45) is 0.681. The molecule has 0 spiro atoms. The van der Waals surface area contributed by atoms with Crippen LogP contribution in [0.15, 0.2) is 46.3 Å². The zero-order valence-electron chi connectivity index (χ0n) is 18.6. The zero-order chi connectivity index (χ0) is 24.6. The van der Waals surface area contributed by atoms with E-state index in [0.29, 0.717) is 33.0 Å². The molecule has 6 nitrogen and oxygen atoms in total. The molecule has 2 aromatic heterocycles. The van der Waals surface area contributed by atoms with Crippen LogP contribution in [0.2, 0.25) is 0 Å².